The van der Waals surface area contributed by atoms with Crippen molar-refractivity contribution in [2.75, 3.05) is 32.8 Å². The number of rotatable bonds is 5. The summed E-state index contributed by atoms with van der Waals surface area (Å²) in [6.45, 7) is 11.6. The smallest absolute Gasteiger partial charge is 0.149 e. The van der Waals surface area contributed by atoms with Gasteiger partial charge in [-0.25, -0.2) is 9.37 Å². The topological polar surface area (TPSA) is 39.6 Å². The predicted octanol–water partition coefficient (Wildman–Crippen LogP) is 3.29. The molecule has 4 nitrogen and oxygen atoms in total. The van der Waals surface area contributed by atoms with Crippen molar-refractivity contribution in [2.24, 2.45) is 5.41 Å². The number of aromatic nitrogens is 1. The number of benzene rings is 1. The summed E-state index contributed by atoms with van der Waals surface area (Å²) in [5.74, 6) is -0.266. The fourth-order valence-corrected chi connectivity index (χ4v) is 3.81. The Labute approximate surface area is 155 Å². The van der Waals surface area contributed by atoms with Crippen LogP contribution in [0.2, 0.25) is 0 Å². The predicted molar refractivity (Wildman–Crippen MR) is 103 cm³/mol. The van der Waals surface area contributed by atoms with Crippen molar-refractivity contribution in [3.63, 3.8) is 0 Å². The van der Waals surface area contributed by atoms with Crippen LogP contribution in [0.3, 0.4) is 0 Å². The molecule has 5 heteroatoms. The summed E-state index contributed by atoms with van der Waals surface area (Å²) >= 11 is 0. The normalized spacial score (nSPS) is 20.0. The number of aliphatic hydroxyl groups is 1. The van der Waals surface area contributed by atoms with Crippen molar-refractivity contribution in [3.05, 3.63) is 41.8 Å². The lowest BCUT2D eigenvalue weighted by atomic mass is 9.94. The van der Waals surface area contributed by atoms with Crippen molar-refractivity contribution >= 4 is 10.9 Å². The van der Waals surface area contributed by atoms with E-state index in [1.54, 1.807) is 6.07 Å². The molecule has 1 aliphatic heterocycles. The van der Waals surface area contributed by atoms with Gasteiger partial charge >= 0.3 is 0 Å². The third-order valence-corrected chi connectivity index (χ3v) is 4.94. The Morgan fingerprint density at radius 3 is 2.73 bits per heavy atom. The molecule has 1 aliphatic rings. The summed E-state index contributed by atoms with van der Waals surface area (Å²) in [6.07, 6.45) is 0.784. The molecule has 1 atom stereocenters. The zero-order valence-electron chi connectivity index (χ0n) is 16.1. The number of hydrogen-bond acceptors (Lipinski definition) is 4. The first-order valence-corrected chi connectivity index (χ1v) is 9.47. The second kappa shape index (κ2) is 7.99. The van der Waals surface area contributed by atoms with Gasteiger partial charge < -0.3 is 5.11 Å². The summed E-state index contributed by atoms with van der Waals surface area (Å²) < 4.78 is 14.0. The second-order valence-electron chi connectivity index (χ2n) is 8.55. The maximum atomic E-state index is 14.0. The number of para-hydroxylation sites is 1. The number of halogens is 1. The second-order valence-corrected chi connectivity index (χ2v) is 8.55. The van der Waals surface area contributed by atoms with E-state index in [1.165, 1.54) is 6.07 Å². The van der Waals surface area contributed by atoms with Gasteiger partial charge in [0.2, 0.25) is 0 Å². The van der Waals surface area contributed by atoms with Crippen molar-refractivity contribution in [2.45, 2.75) is 39.8 Å². The molecule has 1 saturated heterocycles. The number of piperazine rings is 1. The van der Waals surface area contributed by atoms with Crippen LogP contribution in [-0.2, 0) is 6.54 Å². The van der Waals surface area contributed by atoms with Gasteiger partial charge in [0.25, 0.3) is 0 Å². The third kappa shape index (κ3) is 4.78. The van der Waals surface area contributed by atoms with Crippen molar-refractivity contribution in [1.82, 2.24) is 14.8 Å². The van der Waals surface area contributed by atoms with E-state index in [9.17, 15) is 9.50 Å². The van der Waals surface area contributed by atoms with E-state index >= 15 is 0 Å². The molecule has 0 radical (unpaired) electrons. The summed E-state index contributed by atoms with van der Waals surface area (Å²) in [5.41, 5.74) is 1.59. The molecular formula is C21H30FN3O. The molecule has 26 heavy (non-hydrogen) atoms. The average molecular weight is 359 g/mol. The first-order chi connectivity index (χ1) is 12.4. The van der Waals surface area contributed by atoms with E-state index in [0.717, 1.165) is 50.2 Å². The van der Waals surface area contributed by atoms with E-state index < -0.39 is 0 Å². The highest BCUT2D eigenvalue weighted by Gasteiger charge is 2.29. The Balaban J connectivity index is 1.70. The minimum Gasteiger partial charge on any atom is -0.396 e. The molecule has 3 rings (SSSR count). The van der Waals surface area contributed by atoms with Crippen LogP contribution in [0, 0.1) is 11.2 Å². The molecule has 0 saturated carbocycles. The highest BCUT2D eigenvalue weighted by molar-refractivity contribution is 5.79. The fourth-order valence-electron chi connectivity index (χ4n) is 3.81. The van der Waals surface area contributed by atoms with Crippen LogP contribution < -0.4 is 0 Å². The van der Waals surface area contributed by atoms with Gasteiger partial charge in [0.05, 0.1) is 5.69 Å². The molecule has 1 N–H and O–H groups in total. The van der Waals surface area contributed by atoms with E-state index in [2.05, 4.69) is 35.6 Å². The highest BCUT2D eigenvalue weighted by Crippen LogP contribution is 2.22. The van der Waals surface area contributed by atoms with E-state index in [4.69, 9.17) is 0 Å². The lowest BCUT2D eigenvalue weighted by Crippen LogP contribution is -2.54. The molecule has 1 fully saturated rings. The highest BCUT2D eigenvalue weighted by atomic mass is 19.1. The molecule has 142 valence electrons. The molecular weight excluding hydrogens is 329 g/mol. The van der Waals surface area contributed by atoms with Gasteiger partial charge in [-0.2, -0.15) is 0 Å². The quantitative estimate of drug-likeness (QED) is 0.889. The fraction of sp³-hybridized carbons (Fsp3) is 0.571. The number of fused-ring (bicyclic) bond motifs is 1. The largest absolute Gasteiger partial charge is 0.396 e. The summed E-state index contributed by atoms with van der Waals surface area (Å²) in [6, 6.07) is 9.35. The van der Waals surface area contributed by atoms with E-state index in [1.807, 2.05) is 18.2 Å². The molecule has 0 aliphatic carbocycles. The van der Waals surface area contributed by atoms with Gasteiger partial charge in [-0.1, -0.05) is 39.0 Å². The van der Waals surface area contributed by atoms with Gasteiger partial charge in [0, 0.05) is 50.8 Å². The Kier molecular flexibility index (Phi) is 5.90. The molecule has 1 aromatic carbocycles. The molecule has 2 aromatic rings. The molecule has 0 bridgehead atoms. The van der Waals surface area contributed by atoms with Crippen LogP contribution in [0.15, 0.2) is 30.3 Å². The van der Waals surface area contributed by atoms with Crippen LogP contribution in [0.5, 0.6) is 0 Å². The maximum absolute atomic E-state index is 14.0. The standard InChI is InChI=1S/C21H30FN3O/c1-21(2,3)15-25-11-10-24(14-18(25)9-12-26)13-17-8-7-16-5-4-6-19(22)20(16)23-17/h4-8,18,26H,9-15H2,1-3H3. The van der Waals surface area contributed by atoms with Crippen LogP contribution in [0.4, 0.5) is 4.39 Å². The van der Waals surface area contributed by atoms with E-state index in [0.29, 0.717) is 11.6 Å². The van der Waals surface area contributed by atoms with Gasteiger partial charge in [-0.05, 0) is 24.0 Å². The SMILES string of the molecule is CC(C)(C)CN1CCN(Cc2ccc3cccc(F)c3n2)CC1CCO. The molecule has 2 heterocycles. The number of nitrogens with zero attached hydrogens (tertiary/aromatic N) is 3. The molecule has 0 spiro atoms. The van der Waals surface area contributed by atoms with Gasteiger partial charge in [0.15, 0.2) is 0 Å². The van der Waals surface area contributed by atoms with E-state index in [-0.39, 0.29) is 17.8 Å². The average Bonchev–Trinajstić information content (AvgIpc) is 2.57. The number of aliphatic hydroxyl groups excluding tert-OH is 1. The Morgan fingerprint density at radius 2 is 2.00 bits per heavy atom. The lowest BCUT2D eigenvalue weighted by Gasteiger charge is -2.43. The van der Waals surface area contributed by atoms with Crippen molar-refractivity contribution in [1.29, 1.82) is 0 Å². The summed E-state index contributed by atoms with van der Waals surface area (Å²) in [5, 5.41) is 10.3. The Hall–Kier alpha value is -1.56. The third-order valence-electron chi connectivity index (χ3n) is 4.94. The first kappa shape index (κ1) is 19.2. The zero-order chi connectivity index (χ0) is 18.7. The minimum atomic E-state index is -0.266. The molecule has 1 aromatic heterocycles. The monoisotopic (exact) mass is 359 g/mol. The zero-order valence-corrected chi connectivity index (χ0v) is 16.1. The number of pyridine rings is 1. The summed E-state index contributed by atoms with van der Waals surface area (Å²) in [7, 11) is 0. The van der Waals surface area contributed by atoms with Crippen LogP contribution in [-0.4, -0.2) is 58.7 Å². The van der Waals surface area contributed by atoms with Gasteiger partial charge in [-0.15, -0.1) is 0 Å². The van der Waals surface area contributed by atoms with Crippen LogP contribution in [0.25, 0.3) is 10.9 Å². The summed E-state index contributed by atoms with van der Waals surface area (Å²) in [4.78, 5) is 9.41. The number of hydrogen-bond donors (Lipinski definition) is 1. The minimum absolute atomic E-state index is 0.207. The van der Waals surface area contributed by atoms with Gasteiger partial charge in [0.1, 0.15) is 11.3 Å². The van der Waals surface area contributed by atoms with Crippen LogP contribution in [0.1, 0.15) is 32.9 Å². The Bertz CT molecular complexity index is 744. The molecule has 0 amide bonds. The van der Waals surface area contributed by atoms with Crippen molar-refractivity contribution < 1.29 is 9.50 Å². The van der Waals surface area contributed by atoms with Crippen LogP contribution >= 0.6 is 0 Å². The first-order valence-electron chi connectivity index (χ1n) is 9.47. The molecule has 1 unspecified atom stereocenters. The Morgan fingerprint density at radius 1 is 1.19 bits per heavy atom. The lowest BCUT2D eigenvalue weighted by molar-refractivity contribution is 0.0335. The van der Waals surface area contributed by atoms with Crippen molar-refractivity contribution in [3.8, 4) is 0 Å². The maximum Gasteiger partial charge on any atom is 0.149 e. The van der Waals surface area contributed by atoms with Gasteiger partial charge in [-0.3, -0.25) is 9.80 Å².